The van der Waals surface area contributed by atoms with Crippen molar-refractivity contribution in [2.24, 2.45) is 11.8 Å². The Kier molecular flexibility index (Phi) is 1.60. The highest BCUT2D eigenvalue weighted by Crippen LogP contribution is 2.55. The minimum atomic E-state index is -1.83. The van der Waals surface area contributed by atoms with Crippen molar-refractivity contribution >= 4 is 6.16 Å². The van der Waals surface area contributed by atoms with E-state index in [1.165, 1.54) is 11.8 Å². The zero-order valence-corrected chi connectivity index (χ0v) is 5.08. The highest BCUT2D eigenvalue weighted by atomic mass is 16.6. The summed E-state index contributed by atoms with van der Waals surface area (Å²) in [6.07, 6.45) is 2.87. The lowest BCUT2D eigenvalue weighted by Gasteiger charge is -2.04. The Hall–Kier alpha value is -0.730. The summed E-state index contributed by atoms with van der Waals surface area (Å²) in [5.41, 5.74) is 0. The van der Waals surface area contributed by atoms with Crippen LogP contribution in [0.2, 0.25) is 0 Å². The van der Waals surface area contributed by atoms with Gasteiger partial charge in [0.1, 0.15) is 0 Å². The average molecular weight is 130 g/mol. The number of fused-ring (bicyclic) bond motifs is 1. The van der Waals surface area contributed by atoms with Gasteiger partial charge < -0.3 is 10.2 Å². The molecule has 0 aromatic carbocycles. The molecule has 0 aromatic rings. The van der Waals surface area contributed by atoms with E-state index < -0.39 is 6.16 Å². The molecule has 0 heterocycles. The third kappa shape index (κ3) is 1.91. The molecule has 0 radical (unpaired) electrons. The Morgan fingerprint density at radius 2 is 1.56 bits per heavy atom. The number of hydrogen-bond acceptors (Lipinski definition) is 1. The van der Waals surface area contributed by atoms with E-state index >= 15 is 0 Å². The molecule has 2 aliphatic rings. The van der Waals surface area contributed by atoms with E-state index in [9.17, 15) is 0 Å². The van der Waals surface area contributed by atoms with Crippen LogP contribution in [0.5, 0.6) is 0 Å². The van der Waals surface area contributed by atoms with Gasteiger partial charge in [-0.05, 0) is 31.1 Å². The molecular weight excluding hydrogens is 120 g/mol. The topological polar surface area (TPSA) is 57.5 Å². The van der Waals surface area contributed by atoms with E-state index in [4.69, 9.17) is 15.0 Å². The molecule has 0 saturated heterocycles. The lowest BCUT2D eigenvalue weighted by Crippen LogP contribution is -1.93. The first-order valence-electron chi connectivity index (χ1n) is 3.12. The quantitative estimate of drug-likeness (QED) is 0.524. The second-order valence-corrected chi connectivity index (χ2v) is 2.62. The maximum atomic E-state index is 8.56. The number of carboxylic acid groups (broad SMARTS) is 2. The van der Waals surface area contributed by atoms with Gasteiger partial charge in [0, 0.05) is 0 Å². The van der Waals surface area contributed by atoms with Crippen molar-refractivity contribution in [1.29, 1.82) is 0 Å². The molecule has 2 rings (SSSR count). The Balaban J connectivity index is 0.0000000945. The van der Waals surface area contributed by atoms with Crippen LogP contribution in [-0.4, -0.2) is 16.4 Å². The van der Waals surface area contributed by atoms with Gasteiger partial charge in [-0.3, -0.25) is 0 Å². The van der Waals surface area contributed by atoms with Crippen LogP contribution in [0.15, 0.2) is 0 Å². The number of rotatable bonds is 0. The van der Waals surface area contributed by atoms with Crippen LogP contribution in [0.1, 0.15) is 19.3 Å². The Morgan fingerprint density at radius 1 is 1.22 bits per heavy atom. The first-order valence-corrected chi connectivity index (χ1v) is 3.12. The van der Waals surface area contributed by atoms with Crippen LogP contribution in [0.4, 0.5) is 4.79 Å². The molecule has 0 aromatic heterocycles. The third-order valence-electron chi connectivity index (χ3n) is 1.98. The SMILES string of the molecule is C1CC2CC12.O=C(O)O. The van der Waals surface area contributed by atoms with Crippen LogP contribution < -0.4 is 0 Å². The van der Waals surface area contributed by atoms with Crippen LogP contribution in [0.3, 0.4) is 0 Å². The highest BCUT2D eigenvalue weighted by Gasteiger charge is 2.44. The van der Waals surface area contributed by atoms with E-state index in [2.05, 4.69) is 0 Å². The zero-order valence-electron chi connectivity index (χ0n) is 5.08. The van der Waals surface area contributed by atoms with Gasteiger partial charge in [0.25, 0.3) is 0 Å². The van der Waals surface area contributed by atoms with Gasteiger partial charge in [-0.25, -0.2) is 4.79 Å². The van der Waals surface area contributed by atoms with E-state index in [0.29, 0.717) is 0 Å². The maximum absolute atomic E-state index is 8.56. The monoisotopic (exact) mass is 130 g/mol. The van der Waals surface area contributed by atoms with Crippen LogP contribution in [0.25, 0.3) is 0 Å². The number of hydrogen-bond donors (Lipinski definition) is 2. The summed E-state index contributed by atoms with van der Waals surface area (Å²) >= 11 is 0. The van der Waals surface area contributed by atoms with Crippen LogP contribution >= 0.6 is 0 Å². The van der Waals surface area contributed by atoms with Crippen molar-refractivity contribution in [2.45, 2.75) is 19.3 Å². The molecule has 3 nitrogen and oxygen atoms in total. The summed E-state index contributed by atoms with van der Waals surface area (Å²) in [5.74, 6) is 2.46. The van der Waals surface area contributed by atoms with Crippen LogP contribution in [0, 0.1) is 11.8 Å². The molecule has 0 spiro atoms. The van der Waals surface area contributed by atoms with Crippen molar-refractivity contribution in [3.05, 3.63) is 0 Å². The highest BCUT2D eigenvalue weighted by molar-refractivity contribution is 5.53. The molecule has 2 saturated carbocycles. The minimum absolute atomic E-state index is 1.23. The molecule has 2 N–H and O–H groups in total. The standard InChI is InChI=1S/C5H8.CH2O3/c1-2-5-3-4(1)5;2-1(3)4/h4-5H,1-3H2;(H2,2,3,4). The van der Waals surface area contributed by atoms with Gasteiger partial charge in [0.2, 0.25) is 0 Å². The van der Waals surface area contributed by atoms with Gasteiger partial charge in [-0.1, -0.05) is 0 Å². The lowest BCUT2D eigenvalue weighted by atomic mass is 10.0. The van der Waals surface area contributed by atoms with Gasteiger partial charge in [0.05, 0.1) is 0 Å². The molecule has 0 amide bonds. The summed E-state index contributed by atoms with van der Waals surface area (Å²) in [6, 6.07) is 0. The fourth-order valence-electron chi connectivity index (χ4n) is 1.18. The zero-order chi connectivity index (χ0) is 6.85. The van der Waals surface area contributed by atoms with Gasteiger partial charge in [0.15, 0.2) is 0 Å². The first kappa shape index (κ1) is 6.39. The van der Waals surface area contributed by atoms with Crippen molar-refractivity contribution in [1.82, 2.24) is 0 Å². The fourth-order valence-corrected chi connectivity index (χ4v) is 1.18. The second kappa shape index (κ2) is 2.25. The van der Waals surface area contributed by atoms with Crippen molar-refractivity contribution in [3.8, 4) is 0 Å². The number of carbonyl (C=O) groups is 1. The van der Waals surface area contributed by atoms with Gasteiger partial charge in [-0.2, -0.15) is 0 Å². The van der Waals surface area contributed by atoms with E-state index in [1.54, 1.807) is 19.3 Å². The van der Waals surface area contributed by atoms with Gasteiger partial charge in [-0.15, -0.1) is 0 Å². The molecular formula is C6H10O3. The van der Waals surface area contributed by atoms with Crippen LogP contribution in [-0.2, 0) is 0 Å². The Morgan fingerprint density at radius 3 is 1.56 bits per heavy atom. The third-order valence-corrected chi connectivity index (χ3v) is 1.98. The molecule has 2 atom stereocenters. The largest absolute Gasteiger partial charge is 0.503 e. The molecule has 0 bridgehead atoms. The predicted molar refractivity (Wildman–Crippen MR) is 31.5 cm³/mol. The minimum Gasteiger partial charge on any atom is -0.450 e. The molecule has 9 heavy (non-hydrogen) atoms. The molecule has 3 heteroatoms. The summed E-state index contributed by atoms with van der Waals surface area (Å²) in [5, 5.41) is 13.9. The smallest absolute Gasteiger partial charge is 0.450 e. The summed E-state index contributed by atoms with van der Waals surface area (Å²) in [6.45, 7) is 0. The Bertz CT molecular complexity index is 105. The maximum Gasteiger partial charge on any atom is 0.503 e. The lowest BCUT2D eigenvalue weighted by molar-refractivity contribution is 0.137. The van der Waals surface area contributed by atoms with E-state index in [0.717, 1.165) is 0 Å². The fraction of sp³-hybridized carbons (Fsp3) is 0.833. The summed E-state index contributed by atoms with van der Waals surface area (Å²) < 4.78 is 0. The second-order valence-electron chi connectivity index (χ2n) is 2.62. The predicted octanol–water partition coefficient (Wildman–Crippen LogP) is 1.64. The average Bonchev–Trinajstić information content (AvgIpc) is 2.10. The molecule has 52 valence electrons. The molecule has 2 unspecified atom stereocenters. The van der Waals surface area contributed by atoms with E-state index in [1.807, 2.05) is 0 Å². The molecule has 2 fully saturated rings. The molecule has 2 aliphatic carbocycles. The van der Waals surface area contributed by atoms with Crippen molar-refractivity contribution in [2.75, 3.05) is 0 Å². The van der Waals surface area contributed by atoms with E-state index in [-0.39, 0.29) is 0 Å². The van der Waals surface area contributed by atoms with Crippen molar-refractivity contribution in [3.63, 3.8) is 0 Å². The molecule has 0 aliphatic heterocycles. The normalized spacial score (nSPS) is 34.7. The Labute approximate surface area is 53.3 Å². The summed E-state index contributed by atoms with van der Waals surface area (Å²) in [4.78, 5) is 8.56. The first-order chi connectivity index (χ1) is 4.20. The van der Waals surface area contributed by atoms with Crippen molar-refractivity contribution < 1.29 is 15.0 Å². The summed E-state index contributed by atoms with van der Waals surface area (Å²) in [7, 11) is 0. The van der Waals surface area contributed by atoms with Gasteiger partial charge >= 0.3 is 6.16 Å².